The van der Waals surface area contributed by atoms with Crippen molar-refractivity contribution < 1.29 is 18.7 Å². The summed E-state index contributed by atoms with van der Waals surface area (Å²) in [5.74, 6) is 0.160. The average molecular weight is 280 g/mol. The Kier molecular flexibility index (Phi) is 5.17. The van der Waals surface area contributed by atoms with Gasteiger partial charge in [-0.3, -0.25) is 9.59 Å². The van der Waals surface area contributed by atoms with Crippen molar-refractivity contribution in [3.05, 3.63) is 24.2 Å². The van der Waals surface area contributed by atoms with Crippen LogP contribution in [-0.2, 0) is 9.53 Å². The summed E-state index contributed by atoms with van der Waals surface area (Å²) in [7, 11) is 0. The fraction of sp³-hybridized carbons (Fsp3) is 0.571. The molecule has 1 saturated heterocycles. The average Bonchev–Trinajstić information content (AvgIpc) is 2.97. The first-order valence-corrected chi connectivity index (χ1v) is 6.88. The maximum absolute atomic E-state index is 12.0. The third-order valence-electron chi connectivity index (χ3n) is 3.19. The van der Waals surface area contributed by atoms with Crippen LogP contribution in [0, 0.1) is 0 Å². The van der Waals surface area contributed by atoms with E-state index in [9.17, 15) is 9.59 Å². The third kappa shape index (κ3) is 4.09. The number of nitrogens with one attached hydrogen (secondary N) is 1. The predicted molar refractivity (Wildman–Crippen MR) is 72.3 cm³/mol. The summed E-state index contributed by atoms with van der Waals surface area (Å²) >= 11 is 0. The van der Waals surface area contributed by atoms with E-state index in [-0.39, 0.29) is 17.9 Å². The molecule has 1 aromatic heterocycles. The van der Waals surface area contributed by atoms with Crippen molar-refractivity contribution in [1.29, 1.82) is 0 Å². The van der Waals surface area contributed by atoms with Crippen molar-refractivity contribution in [1.82, 2.24) is 10.2 Å². The van der Waals surface area contributed by atoms with Gasteiger partial charge in [0.2, 0.25) is 5.91 Å². The van der Waals surface area contributed by atoms with Crippen LogP contribution in [0.3, 0.4) is 0 Å². The monoisotopic (exact) mass is 280 g/mol. The molecule has 0 radical (unpaired) electrons. The molecule has 110 valence electrons. The van der Waals surface area contributed by atoms with Gasteiger partial charge in [0.25, 0.3) is 5.91 Å². The highest BCUT2D eigenvalue weighted by molar-refractivity contribution is 5.91. The van der Waals surface area contributed by atoms with Crippen molar-refractivity contribution >= 4 is 11.8 Å². The second-order valence-corrected chi connectivity index (χ2v) is 4.86. The van der Waals surface area contributed by atoms with Crippen molar-refractivity contribution in [3.8, 4) is 0 Å². The van der Waals surface area contributed by atoms with Gasteiger partial charge in [-0.2, -0.15) is 0 Å². The molecule has 2 rings (SSSR count). The number of carbonyl (C=O) groups is 2. The zero-order valence-electron chi connectivity index (χ0n) is 11.6. The minimum absolute atomic E-state index is 0.103. The summed E-state index contributed by atoms with van der Waals surface area (Å²) in [5, 5.41) is 2.72. The van der Waals surface area contributed by atoms with Gasteiger partial charge in [-0.15, -0.1) is 0 Å². The molecule has 6 heteroatoms. The van der Waals surface area contributed by atoms with Crippen molar-refractivity contribution in [3.63, 3.8) is 0 Å². The summed E-state index contributed by atoms with van der Waals surface area (Å²) in [6, 6.07) is 3.27. The molecule has 0 aliphatic carbocycles. The molecular formula is C14H20N2O4. The van der Waals surface area contributed by atoms with Gasteiger partial charge in [0.05, 0.1) is 19.0 Å². The minimum atomic E-state index is -0.248. The number of hydrogen-bond donors (Lipinski definition) is 1. The Hall–Kier alpha value is -1.82. The molecule has 0 spiro atoms. The van der Waals surface area contributed by atoms with Gasteiger partial charge in [-0.1, -0.05) is 0 Å². The van der Waals surface area contributed by atoms with Crippen LogP contribution in [0.1, 0.15) is 30.3 Å². The molecule has 1 fully saturated rings. The van der Waals surface area contributed by atoms with Gasteiger partial charge in [-0.05, 0) is 25.5 Å². The lowest BCUT2D eigenvalue weighted by molar-refractivity contribution is -0.138. The lowest BCUT2D eigenvalue weighted by atomic mass is 10.2. The van der Waals surface area contributed by atoms with Crippen LogP contribution >= 0.6 is 0 Å². The number of morpholine rings is 1. The molecule has 0 unspecified atom stereocenters. The number of nitrogens with zero attached hydrogens (tertiary/aromatic N) is 1. The van der Waals surface area contributed by atoms with Crippen LogP contribution in [0.4, 0.5) is 0 Å². The Labute approximate surface area is 118 Å². The van der Waals surface area contributed by atoms with Gasteiger partial charge in [0.15, 0.2) is 5.76 Å². The highest BCUT2D eigenvalue weighted by atomic mass is 16.5. The Morgan fingerprint density at radius 3 is 3.05 bits per heavy atom. The largest absolute Gasteiger partial charge is 0.459 e. The Bertz CT molecular complexity index is 444. The van der Waals surface area contributed by atoms with E-state index in [0.29, 0.717) is 44.8 Å². The van der Waals surface area contributed by atoms with Crippen LogP contribution in [0.2, 0.25) is 0 Å². The molecule has 1 atom stereocenters. The second kappa shape index (κ2) is 7.09. The molecule has 6 nitrogen and oxygen atoms in total. The van der Waals surface area contributed by atoms with Crippen LogP contribution in [0.5, 0.6) is 0 Å². The van der Waals surface area contributed by atoms with E-state index >= 15 is 0 Å². The SMILES string of the molecule is C[C@H]1CN(C(=O)CCCNC(=O)c2ccco2)CCO1. The molecule has 0 saturated carbocycles. The maximum atomic E-state index is 12.0. The van der Waals surface area contributed by atoms with Crippen molar-refractivity contribution in [2.45, 2.75) is 25.9 Å². The van der Waals surface area contributed by atoms with Crippen LogP contribution < -0.4 is 5.32 Å². The van der Waals surface area contributed by atoms with Crippen LogP contribution in [0.15, 0.2) is 22.8 Å². The smallest absolute Gasteiger partial charge is 0.286 e. The highest BCUT2D eigenvalue weighted by Gasteiger charge is 2.20. The summed E-state index contributed by atoms with van der Waals surface area (Å²) in [6.45, 7) is 4.33. The van der Waals surface area contributed by atoms with Gasteiger partial charge >= 0.3 is 0 Å². The number of amides is 2. The molecule has 1 N–H and O–H groups in total. The number of furan rings is 1. The highest BCUT2D eigenvalue weighted by Crippen LogP contribution is 2.07. The van der Waals surface area contributed by atoms with E-state index in [0.717, 1.165) is 0 Å². The van der Waals surface area contributed by atoms with Crippen LogP contribution in [0.25, 0.3) is 0 Å². The second-order valence-electron chi connectivity index (χ2n) is 4.86. The fourth-order valence-electron chi connectivity index (χ4n) is 2.14. The van der Waals surface area contributed by atoms with Gasteiger partial charge in [0, 0.05) is 26.1 Å². The Morgan fingerprint density at radius 1 is 1.50 bits per heavy atom. The topological polar surface area (TPSA) is 71.8 Å². The van der Waals surface area contributed by atoms with Gasteiger partial charge < -0.3 is 19.4 Å². The number of ether oxygens (including phenoxy) is 1. The molecule has 2 heterocycles. The molecule has 1 aliphatic rings. The molecule has 1 aliphatic heterocycles. The number of carbonyl (C=O) groups excluding carboxylic acids is 2. The first-order chi connectivity index (χ1) is 9.66. The number of hydrogen-bond acceptors (Lipinski definition) is 4. The van der Waals surface area contributed by atoms with E-state index < -0.39 is 0 Å². The lowest BCUT2D eigenvalue weighted by Crippen LogP contribution is -2.44. The molecular weight excluding hydrogens is 260 g/mol. The van der Waals surface area contributed by atoms with Crippen molar-refractivity contribution in [2.75, 3.05) is 26.2 Å². The molecule has 0 bridgehead atoms. The van der Waals surface area contributed by atoms with E-state index in [4.69, 9.17) is 9.15 Å². The third-order valence-corrected chi connectivity index (χ3v) is 3.19. The van der Waals surface area contributed by atoms with Crippen LogP contribution in [-0.4, -0.2) is 49.1 Å². The Balaban J connectivity index is 1.63. The summed E-state index contributed by atoms with van der Waals surface area (Å²) < 4.78 is 10.4. The standard InChI is InChI=1S/C14H20N2O4/c1-11-10-16(7-9-19-11)13(17)5-2-6-15-14(18)12-4-3-8-20-12/h3-4,8,11H,2,5-7,9-10H2,1H3,(H,15,18)/t11-/m0/s1. The van der Waals surface area contributed by atoms with E-state index in [2.05, 4.69) is 5.32 Å². The minimum Gasteiger partial charge on any atom is -0.459 e. The van der Waals surface area contributed by atoms with E-state index in [1.165, 1.54) is 6.26 Å². The van der Waals surface area contributed by atoms with E-state index in [1.807, 2.05) is 11.8 Å². The summed E-state index contributed by atoms with van der Waals surface area (Å²) in [5.41, 5.74) is 0. The van der Waals surface area contributed by atoms with Crippen molar-refractivity contribution in [2.24, 2.45) is 0 Å². The van der Waals surface area contributed by atoms with E-state index in [1.54, 1.807) is 12.1 Å². The predicted octanol–water partition coefficient (Wildman–Crippen LogP) is 1.04. The number of rotatable bonds is 5. The first-order valence-electron chi connectivity index (χ1n) is 6.88. The summed E-state index contributed by atoms with van der Waals surface area (Å²) in [6.07, 6.45) is 2.62. The normalized spacial score (nSPS) is 18.9. The molecule has 0 aromatic carbocycles. The zero-order valence-corrected chi connectivity index (χ0v) is 11.6. The Morgan fingerprint density at radius 2 is 2.35 bits per heavy atom. The van der Waals surface area contributed by atoms with Gasteiger partial charge in [0.1, 0.15) is 0 Å². The van der Waals surface area contributed by atoms with Gasteiger partial charge in [-0.25, -0.2) is 0 Å². The summed E-state index contributed by atoms with van der Waals surface area (Å²) in [4.78, 5) is 25.4. The molecule has 2 amide bonds. The lowest BCUT2D eigenvalue weighted by Gasteiger charge is -2.31. The fourth-order valence-corrected chi connectivity index (χ4v) is 2.14. The molecule has 20 heavy (non-hydrogen) atoms. The maximum Gasteiger partial charge on any atom is 0.286 e. The molecule has 1 aromatic rings. The first kappa shape index (κ1) is 14.6. The zero-order chi connectivity index (χ0) is 14.4. The quantitative estimate of drug-likeness (QED) is 0.818.